The monoisotopic (exact) mass is 517 g/mol. The molecule has 0 atom stereocenters. The molecule has 28 heavy (non-hydrogen) atoms. The van der Waals surface area contributed by atoms with Crippen LogP contribution in [0, 0.1) is 9.49 Å². The molecule has 0 heterocycles. The van der Waals surface area contributed by atoms with Crippen LogP contribution in [0.4, 0.5) is 0 Å². The van der Waals surface area contributed by atoms with Gasteiger partial charge in [0.2, 0.25) is 5.91 Å². The summed E-state index contributed by atoms with van der Waals surface area (Å²) in [5, 5.41) is 10.2. The molecule has 154 valence electrons. The van der Waals surface area contributed by atoms with Gasteiger partial charge < -0.3 is 16.0 Å². The van der Waals surface area contributed by atoms with Crippen LogP contribution in [0.25, 0.3) is 0 Å². The summed E-state index contributed by atoms with van der Waals surface area (Å²) in [6, 6.07) is 5.77. The molecule has 2 amide bonds. The number of carbonyl (C=O) groups is 2. The van der Waals surface area contributed by atoms with Crippen LogP contribution in [0.3, 0.4) is 0 Å². The minimum Gasteiger partial charge on any atom is -0.352 e. The Labute approximate surface area is 185 Å². The van der Waals surface area contributed by atoms with Crippen molar-refractivity contribution in [1.82, 2.24) is 16.0 Å². The van der Waals surface area contributed by atoms with Gasteiger partial charge in [-0.15, -0.1) is 0 Å². The molecule has 2 aliphatic rings. The van der Waals surface area contributed by atoms with Gasteiger partial charge in [0, 0.05) is 32.3 Å². The van der Waals surface area contributed by atoms with Gasteiger partial charge in [-0.3, -0.25) is 9.59 Å². The van der Waals surface area contributed by atoms with Crippen LogP contribution in [0.15, 0.2) is 18.2 Å². The van der Waals surface area contributed by atoms with E-state index in [1.165, 1.54) is 6.42 Å². The second-order valence-corrected chi connectivity index (χ2v) is 10.1. The summed E-state index contributed by atoms with van der Waals surface area (Å²) >= 11 is 8.20. The van der Waals surface area contributed by atoms with Crippen molar-refractivity contribution in [3.8, 4) is 0 Å². The summed E-state index contributed by atoms with van der Waals surface area (Å²) in [4.78, 5) is 24.4. The molecular weight excluding hydrogens is 489 g/mol. The minimum atomic E-state index is -0.0678. The van der Waals surface area contributed by atoms with E-state index in [1.54, 1.807) is 6.07 Å². The Morgan fingerprint density at radius 2 is 1.89 bits per heavy atom. The summed E-state index contributed by atoms with van der Waals surface area (Å²) in [5.74, 6) is 0.525. The van der Waals surface area contributed by atoms with Crippen molar-refractivity contribution in [2.45, 2.75) is 63.5 Å². The Morgan fingerprint density at radius 3 is 2.50 bits per heavy atom. The minimum absolute atomic E-state index is 0.0235. The van der Waals surface area contributed by atoms with Crippen LogP contribution in [-0.2, 0) is 4.79 Å². The average molecular weight is 518 g/mol. The predicted molar refractivity (Wildman–Crippen MR) is 121 cm³/mol. The molecule has 2 fully saturated rings. The number of hydrogen-bond donors (Lipinski definition) is 3. The van der Waals surface area contributed by atoms with Gasteiger partial charge in [0.25, 0.3) is 5.91 Å². The lowest BCUT2D eigenvalue weighted by molar-refractivity contribution is -0.123. The third-order valence-electron chi connectivity index (χ3n) is 5.97. The van der Waals surface area contributed by atoms with E-state index < -0.39 is 0 Å². The molecule has 0 unspecified atom stereocenters. The van der Waals surface area contributed by atoms with Crippen molar-refractivity contribution in [3.05, 3.63) is 32.4 Å². The molecule has 7 heteroatoms. The van der Waals surface area contributed by atoms with Crippen LogP contribution >= 0.6 is 34.2 Å². The molecule has 1 aromatic rings. The Bertz CT molecular complexity index is 695. The second kappa shape index (κ2) is 9.76. The number of amides is 2. The zero-order valence-electron chi connectivity index (χ0n) is 16.3. The number of hydrogen-bond acceptors (Lipinski definition) is 3. The maximum Gasteiger partial charge on any atom is 0.251 e. The maximum atomic E-state index is 12.3. The highest BCUT2D eigenvalue weighted by Gasteiger charge is 2.33. The van der Waals surface area contributed by atoms with Gasteiger partial charge in [-0.1, -0.05) is 11.6 Å². The molecule has 0 radical (unpaired) electrons. The van der Waals surface area contributed by atoms with Crippen molar-refractivity contribution in [2.75, 3.05) is 13.1 Å². The molecule has 0 aliphatic heterocycles. The quantitative estimate of drug-likeness (QED) is 0.481. The van der Waals surface area contributed by atoms with Gasteiger partial charge in [0.05, 0.1) is 6.54 Å². The first-order chi connectivity index (χ1) is 13.3. The highest BCUT2D eigenvalue weighted by molar-refractivity contribution is 14.1. The first-order valence-electron chi connectivity index (χ1n) is 10.1. The van der Waals surface area contributed by atoms with Crippen molar-refractivity contribution >= 4 is 46.0 Å². The first-order valence-corrected chi connectivity index (χ1v) is 11.6. The fourth-order valence-electron chi connectivity index (χ4n) is 4.04. The largest absolute Gasteiger partial charge is 0.352 e. The fourth-order valence-corrected chi connectivity index (χ4v) is 5.13. The molecule has 5 nitrogen and oxygen atoms in total. The van der Waals surface area contributed by atoms with Crippen molar-refractivity contribution in [1.29, 1.82) is 0 Å². The second-order valence-electron chi connectivity index (χ2n) is 8.43. The van der Waals surface area contributed by atoms with Crippen LogP contribution in [0.1, 0.15) is 62.2 Å². The predicted octanol–water partition coefficient (Wildman–Crippen LogP) is 3.88. The summed E-state index contributed by atoms with van der Waals surface area (Å²) in [5.41, 5.74) is 0.633. The Morgan fingerprint density at radius 1 is 1.18 bits per heavy atom. The van der Waals surface area contributed by atoms with E-state index in [2.05, 4.69) is 45.5 Å². The smallest absolute Gasteiger partial charge is 0.251 e. The molecule has 0 spiro atoms. The SMILES string of the molecule is CC1(NC(=O)CNC2CCC(CNC(=O)c3cc(Cl)cc(I)c3)CC2)CCC1. The molecule has 1 aromatic carbocycles. The summed E-state index contributed by atoms with van der Waals surface area (Å²) in [6.45, 7) is 3.21. The Hall–Kier alpha value is -0.860. The molecule has 3 rings (SSSR count). The highest BCUT2D eigenvalue weighted by Crippen LogP contribution is 2.30. The molecule has 2 aliphatic carbocycles. The van der Waals surface area contributed by atoms with Crippen molar-refractivity contribution < 1.29 is 9.59 Å². The molecule has 2 saturated carbocycles. The number of carbonyl (C=O) groups excluding carboxylic acids is 2. The van der Waals surface area contributed by atoms with E-state index in [0.29, 0.717) is 35.6 Å². The highest BCUT2D eigenvalue weighted by atomic mass is 127. The standard InChI is InChI=1S/C21H29ClIN3O2/c1-21(7-2-8-21)26-19(27)13-24-18-5-3-14(4-6-18)12-25-20(28)15-9-16(22)11-17(23)10-15/h9-11,14,18,24H,2-8,12-13H2,1H3,(H,25,28)(H,26,27). The average Bonchev–Trinajstić information content (AvgIpc) is 2.63. The topological polar surface area (TPSA) is 70.2 Å². The molecule has 0 bridgehead atoms. The molecular formula is C21H29ClIN3O2. The lowest BCUT2D eigenvalue weighted by Gasteiger charge is -2.39. The van der Waals surface area contributed by atoms with Gasteiger partial charge >= 0.3 is 0 Å². The van der Waals surface area contributed by atoms with Crippen molar-refractivity contribution in [2.24, 2.45) is 5.92 Å². The van der Waals surface area contributed by atoms with E-state index in [9.17, 15) is 9.59 Å². The normalized spacial score (nSPS) is 23.5. The van der Waals surface area contributed by atoms with Crippen LogP contribution in [0.5, 0.6) is 0 Å². The van der Waals surface area contributed by atoms with Gasteiger partial charge in [0.1, 0.15) is 0 Å². The first kappa shape index (κ1) is 21.8. The van der Waals surface area contributed by atoms with E-state index in [-0.39, 0.29) is 17.4 Å². The molecule has 0 aromatic heterocycles. The summed E-state index contributed by atoms with van der Waals surface area (Å²) in [6.07, 6.45) is 7.59. The number of benzene rings is 1. The lowest BCUT2D eigenvalue weighted by atomic mass is 9.78. The number of nitrogens with one attached hydrogen (secondary N) is 3. The summed E-state index contributed by atoms with van der Waals surface area (Å²) in [7, 11) is 0. The van der Waals surface area contributed by atoms with E-state index in [1.807, 2.05) is 12.1 Å². The molecule has 0 saturated heterocycles. The van der Waals surface area contributed by atoms with Gasteiger partial charge in [0.15, 0.2) is 0 Å². The number of rotatable bonds is 7. The van der Waals surface area contributed by atoms with E-state index >= 15 is 0 Å². The zero-order valence-corrected chi connectivity index (χ0v) is 19.2. The summed E-state index contributed by atoms with van der Waals surface area (Å²) < 4.78 is 0.956. The van der Waals surface area contributed by atoms with Gasteiger partial charge in [-0.05, 0) is 98.6 Å². The Balaban J connectivity index is 1.33. The van der Waals surface area contributed by atoms with Crippen LogP contribution < -0.4 is 16.0 Å². The fraction of sp³-hybridized carbons (Fsp3) is 0.619. The third-order valence-corrected chi connectivity index (χ3v) is 6.81. The van der Waals surface area contributed by atoms with Crippen LogP contribution in [-0.4, -0.2) is 36.5 Å². The molecule has 3 N–H and O–H groups in total. The number of halogens is 2. The van der Waals surface area contributed by atoms with Crippen LogP contribution in [0.2, 0.25) is 5.02 Å². The van der Waals surface area contributed by atoms with Gasteiger partial charge in [-0.25, -0.2) is 0 Å². The lowest BCUT2D eigenvalue weighted by Crippen LogP contribution is -2.53. The van der Waals surface area contributed by atoms with E-state index in [4.69, 9.17) is 11.6 Å². The van der Waals surface area contributed by atoms with Crippen molar-refractivity contribution in [3.63, 3.8) is 0 Å². The maximum absolute atomic E-state index is 12.3. The van der Waals surface area contributed by atoms with Gasteiger partial charge in [-0.2, -0.15) is 0 Å². The zero-order chi connectivity index (χ0) is 20.1. The Kier molecular flexibility index (Phi) is 7.61. The van der Waals surface area contributed by atoms with E-state index in [0.717, 1.165) is 42.1 Å². The third kappa shape index (κ3) is 6.32.